The number of aromatic nitrogens is 3. The molecule has 2 rings (SSSR count). The number of carboxylic acid groups (broad SMARTS) is 1. The highest BCUT2D eigenvalue weighted by molar-refractivity contribution is 5.95. The molecule has 1 saturated carbocycles. The standard InChI is InChI=1S/C10H14N4O3/c1-6-11-7(14-13-6)8(15)12-10(9(16)17)4-2-3-5-10/h2-5H2,1H3,(H,12,15)(H,16,17)(H,11,13,14). The summed E-state index contributed by atoms with van der Waals surface area (Å²) in [5.41, 5.74) is -1.15. The Morgan fingerprint density at radius 1 is 1.41 bits per heavy atom. The minimum Gasteiger partial charge on any atom is -0.480 e. The molecule has 92 valence electrons. The van der Waals surface area contributed by atoms with E-state index in [1.165, 1.54) is 0 Å². The van der Waals surface area contributed by atoms with Crippen molar-refractivity contribution in [3.63, 3.8) is 0 Å². The Kier molecular flexibility index (Phi) is 2.83. The van der Waals surface area contributed by atoms with E-state index in [-0.39, 0.29) is 5.82 Å². The smallest absolute Gasteiger partial charge is 0.329 e. The van der Waals surface area contributed by atoms with Crippen molar-refractivity contribution in [1.82, 2.24) is 20.5 Å². The van der Waals surface area contributed by atoms with E-state index in [0.29, 0.717) is 18.7 Å². The molecule has 17 heavy (non-hydrogen) atoms. The molecule has 3 N–H and O–H groups in total. The van der Waals surface area contributed by atoms with Gasteiger partial charge in [-0.2, -0.15) is 0 Å². The van der Waals surface area contributed by atoms with E-state index in [1.54, 1.807) is 6.92 Å². The average Bonchev–Trinajstić information content (AvgIpc) is 2.87. The topological polar surface area (TPSA) is 108 Å². The highest BCUT2D eigenvalue weighted by Gasteiger charge is 2.43. The molecule has 0 bridgehead atoms. The van der Waals surface area contributed by atoms with Crippen LogP contribution in [0.25, 0.3) is 0 Å². The second-order valence-corrected chi connectivity index (χ2v) is 4.29. The number of carbonyl (C=O) groups is 2. The van der Waals surface area contributed by atoms with Crippen molar-refractivity contribution in [2.24, 2.45) is 0 Å². The monoisotopic (exact) mass is 238 g/mol. The van der Waals surface area contributed by atoms with E-state index in [9.17, 15) is 14.7 Å². The second-order valence-electron chi connectivity index (χ2n) is 4.29. The fraction of sp³-hybridized carbons (Fsp3) is 0.600. The van der Waals surface area contributed by atoms with Gasteiger partial charge in [-0.25, -0.2) is 9.78 Å². The summed E-state index contributed by atoms with van der Waals surface area (Å²) in [6.07, 6.45) is 2.52. The maximum atomic E-state index is 11.8. The van der Waals surface area contributed by atoms with Gasteiger partial charge in [-0.3, -0.25) is 9.89 Å². The normalized spacial score (nSPS) is 17.9. The lowest BCUT2D eigenvalue weighted by Crippen LogP contribution is -2.52. The van der Waals surface area contributed by atoms with Gasteiger partial charge >= 0.3 is 5.97 Å². The average molecular weight is 238 g/mol. The number of nitrogens with zero attached hydrogens (tertiary/aromatic N) is 2. The first-order valence-corrected chi connectivity index (χ1v) is 5.48. The minimum atomic E-state index is -1.15. The fourth-order valence-corrected chi connectivity index (χ4v) is 2.09. The van der Waals surface area contributed by atoms with E-state index in [1.807, 2.05) is 0 Å². The molecule has 1 aliphatic rings. The van der Waals surface area contributed by atoms with Crippen molar-refractivity contribution >= 4 is 11.9 Å². The van der Waals surface area contributed by atoms with E-state index in [0.717, 1.165) is 12.8 Å². The van der Waals surface area contributed by atoms with Crippen LogP contribution in [0.5, 0.6) is 0 Å². The fourth-order valence-electron chi connectivity index (χ4n) is 2.09. The van der Waals surface area contributed by atoms with Crippen LogP contribution in [0.15, 0.2) is 0 Å². The number of aromatic amines is 1. The summed E-state index contributed by atoms with van der Waals surface area (Å²) in [4.78, 5) is 26.9. The molecule has 7 nitrogen and oxygen atoms in total. The Balaban J connectivity index is 2.14. The van der Waals surface area contributed by atoms with Crippen LogP contribution in [-0.4, -0.2) is 37.7 Å². The zero-order valence-corrected chi connectivity index (χ0v) is 9.49. The number of aryl methyl sites for hydroxylation is 1. The van der Waals surface area contributed by atoms with E-state index < -0.39 is 17.4 Å². The van der Waals surface area contributed by atoms with Gasteiger partial charge in [0.2, 0.25) is 5.82 Å². The van der Waals surface area contributed by atoms with Gasteiger partial charge in [0.1, 0.15) is 11.4 Å². The van der Waals surface area contributed by atoms with Crippen LogP contribution in [0.4, 0.5) is 0 Å². The number of carboxylic acids is 1. The first-order valence-electron chi connectivity index (χ1n) is 5.48. The molecule has 0 atom stereocenters. The first kappa shape index (κ1) is 11.6. The lowest BCUT2D eigenvalue weighted by Gasteiger charge is -2.24. The van der Waals surface area contributed by atoms with Crippen LogP contribution in [0.3, 0.4) is 0 Å². The largest absolute Gasteiger partial charge is 0.480 e. The highest BCUT2D eigenvalue weighted by atomic mass is 16.4. The van der Waals surface area contributed by atoms with Crippen LogP contribution >= 0.6 is 0 Å². The van der Waals surface area contributed by atoms with Crippen molar-refractivity contribution in [3.05, 3.63) is 11.6 Å². The summed E-state index contributed by atoms with van der Waals surface area (Å²) < 4.78 is 0. The third kappa shape index (κ3) is 2.13. The van der Waals surface area contributed by atoms with Gasteiger partial charge in [0.15, 0.2) is 0 Å². The Morgan fingerprint density at radius 3 is 2.53 bits per heavy atom. The molecule has 0 aliphatic heterocycles. The maximum Gasteiger partial charge on any atom is 0.329 e. The molecule has 0 aromatic carbocycles. The summed E-state index contributed by atoms with van der Waals surface area (Å²) in [6.45, 7) is 1.67. The Hall–Kier alpha value is -1.92. The van der Waals surface area contributed by atoms with Gasteiger partial charge in [-0.1, -0.05) is 12.8 Å². The molecule has 1 amide bonds. The number of amides is 1. The predicted octanol–water partition coefficient (Wildman–Crippen LogP) is 0.240. The Morgan fingerprint density at radius 2 is 2.06 bits per heavy atom. The maximum absolute atomic E-state index is 11.8. The number of H-pyrrole nitrogens is 1. The van der Waals surface area contributed by atoms with E-state index in [4.69, 9.17) is 0 Å². The van der Waals surface area contributed by atoms with Crippen molar-refractivity contribution in [1.29, 1.82) is 0 Å². The molecule has 1 aliphatic carbocycles. The molecule has 1 fully saturated rings. The van der Waals surface area contributed by atoms with Gasteiger partial charge in [0, 0.05) is 0 Å². The van der Waals surface area contributed by atoms with Crippen LogP contribution in [0.2, 0.25) is 0 Å². The molecular formula is C10H14N4O3. The second kappa shape index (κ2) is 4.15. The number of carbonyl (C=O) groups excluding carboxylic acids is 1. The van der Waals surface area contributed by atoms with Gasteiger partial charge in [0.25, 0.3) is 5.91 Å². The molecule has 0 saturated heterocycles. The summed E-state index contributed by atoms with van der Waals surface area (Å²) in [5, 5.41) is 18.0. The van der Waals surface area contributed by atoms with Gasteiger partial charge < -0.3 is 10.4 Å². The number of hydrogen-bond donors (Lipinski definition) is 3. The SMILES string of the molecule is Cc1nc(C(=O)NC2(C(=O)O)CCCC2)n[nH]1. The number of hydrogen-bond acceptors (Lipinski definition) is 4. The molecule has 0 radical (unpaired) electrons. The summed E-state index contributed by atoms with van der Waals surface area (Å²) >= 11 is 0. The third-order valence-corrected chi connectivity index (χ3v) is 3.02. The van der Waals surface area contributed by atoms with Crippen LogP contribution < -0.4 is 5.32 Å². The van der Waals surface area contributed by atoms with Crippen LogP contribution in [0.1, 0.15) is 42.1 Å². The molecule has 1 aromatic heterocycles. The van der Waals surface area contributed by atoms with Crippen LogP contribution in [-0.2, 0) is 4.79 Å². The molecule has 0 unspecified atom stereocenters. The third-order valence-electron chi connectivity index (χ3n) is 3.02. The van der Waals surface area contributed by atoms with Crippen molar-refractivity contribution in [2.75, 3.05) is 0 Å². The summed E-state index contributed by atoms with van der Waals surface area (Å²) in [7, 11) is 0. The van der Waals surface area contributed by atoms with Gasteiger partial charge in [-0.05, 0) is 19.8 Å². The lowest BCUT2D eigenvalue weighted by molar-refractivity contribution is -0.144. The molecule has 7 heteroatoms. The highest BCUT2D eigenvalue weighted by Crippen LogP contribution is 2.30. The predicted molar refractivity (Wildman–Crippen MR) is 57.4 cm³/mol. The van der Waals surface area contributed by atoms with Crippen molar-refractivity contribution in [2.45, 2.75) is 38.1 Å². The van der Waals surface area contributed by atoms with Crippen molar-refractivity contribution < 1.29 is 14.7 Å². The van der Waals surface area contributed by atoms with E-state index >= 15 is 0 Å². The van der Waals surface area contributed by atoms with Gasteiger partial charge in [0.05, 0.1) is 0 Å². The zero-order chi connectivity index (χ0) is 12.5. The summed E-state index contributed by atoms with van der Waals surface area (Å²) in [5.74, 6) is -1.03. The van der Waals surface area contributed by atoms with Gasteiger partial charge in [-0.15, -0.1) is 5.10 Å². The lowest BCUT2D eigenvalue weighted by atomic mass is 9.98. The molecular weight excluding hydrogens is 224 g/mol. The number of nitrogens with one attached hydrogen (secondary N) is 2. The molecule has 1 aromatic rings. The summed E-state index contributed by atoms with van der Waals surface area (Å²) in [6, 6.07) is 0. The van der Waals surface area contributed by atoms with Crippen LogP contribution in [0, 0.1) is 6.92 Å². The zero-order valence-electron chi connectivity index (χ0n) is 9.49. The number of aliphatic carboxylic acids is 1. The quantitative estimate of drug-likeness (QED) is 0.699. The van der Waals surface area contributed by atoms with Crippen molar-refractivity contribution in [3.8, 4) is 0 Å². The Bertz CT molecular complexity index is 448. The van der Waals surface area contributed by atoms with E-state index in [2.05, 4.69) is 20.5 Å². The minimum absolute atomic E-state index is 0.0185. The number of rotatable bonds is 3. The first-order chi connectivity index (χ1) is 8.03. The molecule has 1 heterocycles. The molecule has 0 spiro atoms. The Labute approximate surface area is 97.6 Å².